The minimum atomic E-state index is -0.346. The van der Waals surface area contributed by atoms with E-state index in [9.17, 15) is 9.59 Å². The fourth-order valence-corrected chi connectivity index (χ4v) is 1.27. The summed E-state index contributed by atoms with van der Waals surface area (Å²) in [4.78, 5) is 21.9. The second-order valence-electron chi connectivity index (χ2n) is 5.14. The Kier molecular flexibility index (Phi) is 12.3. The first-order chi connectivity index (χ1) is 9.34. The lowest BCUT2D eigenvalue weighted by atomic mass is 10.0. The lowest BCUT2D eigenvalue weighted by molar-refractivity contribution is -0.139. The molecule has 1 aliphatic rings. The van der Waals surface area contributed by atoms with E-state index in [2.05, 4.69) is 5.73 Å². The van der Waals surface area contributed by atoms with Gasteiger partial charge in [0.25, 0.3) is 6.47 Å². The summed E-state index contributed by atoms with van der Waals surface area (Å²) in [6, 6.07) is -0.147. The molecule has 0 aliphatic carbocycles. The normalized spacial score (nSPS) is 21.6. The highest BCUT2D eigenvalue weighted by atomic mass is 16.5. The minimum absolute atomic E-state index is 0.0417. The molecule has 1 amide bonds. The molecule has 0 radical (unpaired) electrons. The monoisotopic (exact) mass is 291 g/mol. The largest absolute Gasteiger partial charge is 0.461 e. The van der Waals surface area contributed by atoms with Gasteiger partial charge in [-0.15, -0.1) is 0 Å². The molecule has 0 spiro atoms. The Hall–Kier alpha value is -1.18. The third kappa shape index (κ3) is 10.7. The van der Waals surface area contributed by atoms with Gasteiger partial charge >= 0.3 is 0 Å². The molecule has 0 aromatic heterocycles. The number of methoxy groups -OCH3 is 1. The molecular weight excluding hydrogens is 262 g/mol. The number of nitrogens with zero attached hydrogens (tertiary/aromatic N) is 1. The summed E-state index contributed by atoms with van der Waals surface area (Å²) in [5.41, 5.74) is 10.2. The maximum absolute atomic E-state index is 10.4. The van der Waals surface area contributed by atoms with Crippen LogP contribution < -0.4 is 11.5 Å². The zero-order valence-electron chi connectivity index (χ0n) is 13.2. The van der Waals surface area contributed by atoms with Crippen LogP contribution >= 0.6 is 0 Å². The quantitative estimate of drug-likeness (QED) is 0.693. The van der Waals surface area contributed by atoms with Gasteiger partial charge in [-0.25, -0.2) is 0 Å². The van der Waals surface area contributed by atoms with E-state index in [1.54, 1.807) is 12.0 Å². The molecule has 2 unspecified atom stereocenters. The molecule has 120 valence electrons. The zero-order chi connectivity index (χ0) is 16.2. The molecule has 1 rings (SSSR count). The number of carbonyl (C=O) groups excluding carboxylic acids is 2. The van der Waals surface area contributed by atoms with Gasteiger partial charge in [-0.3, -0.25) is 9.59 Å². The van der Waals surface area contributed by atoms with Crippen LogP contribution in [-0.4, -0.2) is 62.8 Å². The van der Waals surface area contributed by atoms with Crippen LogP contribution in [-0.2, 0) is 19.1 Å². The van der Waals surface area contributed by atoms with Crippen LogP contribution in [0.2, 0.25) is 0 Å². The molecule has 1 heterocycles. The number of piperidine rings is 1. The van der Waals surface area contributed by atoms with E-state index in [-0.39, 0.29) is 17.7 Å². The Labute approximate surface area is 121 Å². The highest BCUT2D eigenvalue weighted by Crippen LogP contribution is 2.09. The molecule has 0 bridgehead atoms. The van der Waals surface area contributed by atoms with Crippen molar-refractivity contribution in [2.45, 2.75) is 44.9 Å². The molecule has 0 saturated carbocycles. The fraction of sp³-hybridized carbons (Fsp3) is 0.846. The van der Waals surface area contributed by atoms with E-state index < -0.39 is 0 Å². The standard InChI is InChI=1S/C7H12N2O3.C5H12O.CH5N/c8-6-1-2-9(4-10)3-7(6)12-5-11;1-5(2,3)6-4;1-2/h4-7H,1-3,8H2;1-4H3;2H2,1H3. The van der Waals surface area contributed by atoms with E-state index in [0.717, 1.165) is 6.41 Å². The van der Waals surface area contributed by atoms with Crippen LogP contribution in [0.1, 0.15) is 27.2 Å². The van der Waals surface area contributed by atoms with E-state index >= 15 is 0 Å². The SMILES string of the molecule is CN.COC(C)(C)C.NC1CCN(C=O)CC1OC=O. The smallest absolute Gasteiger partial charge is 0.293 e. The minimum Gasteiger partial charge on any atom is -0.461 e. The first kappa shape index (κ1) is 21.1. The molecule has 4 N–H and O–H groups in total. The zero-order valence-corrected chi connectivity index (χ0v) is 13.2. The van der Waals surface area contributed by atoms with Gasteiger partial charge in [-0.1, -0.05) is 0 Å². The molecular formula is C13H29N3O4. The van der Waals surface area contributed by atoms with E-state index in [1.807, 2.05) is 20.8 Å². The van der Waals surface area contributed by atoms with Crippen molar-refractivity contribution in [3.05, 3.63) is 0 Å². The Balaban J connectivity index is 0. The number of ether oxygens (including phenoxy) is 2. The Bertz CT molecular complexity index is 256. The fourth-order valence-electron chi connectivity index (χ4n) is 1.27. The van der Waals surface area contributed by atoms with Gasteiger partial charge in [0.15, 0.2) is 0 Å². The van der Waals surface area contributed by atoms with Crippen molar-refractivity contribution in [3.8, 4) is 0 Å². The summed E-state index contributed by atoms with van der Waals surface area (Å²) in [7, 11) is 3.21. The highest BCUT2D eigenvalue weighted by Gasteiger charge is 2.26. The number of hydrogen-bond donors (Lipinski definition) is 2. The molecule has 1 aliphatic heterocycles. The Morgan fingerprint density at radius 2 is 1.75 bits per heavy atom. The molecule has 2 atom stereocenters. The summed E-state index contributed by atoms with van der Waals surface area (Å²) in [5.74, 6) is 0. The maximum Gasteiger partial charge on any atom is 0.293 e. The Morgan fingerprint density at radius 1 is 1.25 bits per heavy atom. The van der Waals surface area contributed by atoms with E-state index in [1.165, 1.54) is 7.05 Å². The molecule has 1 fully saturated rings. The number of hydrogen-bond acceptors (Lipinski definition) is 6. The number of carbonyl (C=O) groups is 2. The maximum atomic E-state index is 10.4. The van der Waals surface area contributed by atoms with Crippen molar-refractivity contribution in [1.82, 2.24) is 4.90 Å². The molecule has 0 aromatic rings. The number of likely N-dealkylation sites (tertiary alicyclic amines) is 1. The van der Waals surface area contributed by atoms with E-state index in [4.69, 9.17) is 15.2 Å². The topological polar surface area (TPSA) is 108 Å². The second kappa shape index (κ2) is 11.6. The molecule has 7 heteroatoms. The predicted octanol–water partition coefficient (Wildman–Crippen LogP) is -0.276. The summed E-state index contributed by atoms with van der Waals surface area (Å²) in [6.45, 7) is 7.48. The van der Waals surface area contributed by atoms with Crippen LogP contribution in [0, 0.1) is 0 Å². The van der Waals surface area contributed by atoms with Gasteiger partial charge in [0, 0.05) is 19.7 Å². The van der Waals surface area contributed by atoms with Crippen LogP contribution in [0.15, 0.2) is 0 Å². The summed E-state index contributed by atoms with van der Waals surface area (Å²) < 4.78 is 9.66. The lowest BCUT2D eigenvalue weighted by Gasteiger charge is -2.33. The third-order valence-electron chi connectivity index (χ3n) is 2.63. The summed E-state index contributed by atoms with van der Waals surface area (Å²) in [5, 5.41) is 0. The molecule has 0 aromatic carbocycles. The van der Waals surface area contributed by atoms with Gasteiger partial charge in [-0.2, -0.15) is 0 Å². The van der Waals surface area contributed by atoms with Crippen molar-refractivity contribution >= 4 is 12.9 Å². The number of rotatable bonds is 3. The van der Waals surface area contributed by atoms with Gasteiger partial charge < -0.3 is 25.8 Å². The van der Waals surface area contributed by atoms with Crippen molar-refractivity contribution in [3.63, 3.8) is 0 Å². The van der Waals surface area contributed by atoms with Crippen LogP contribution in [0.4, 0.5) is 0 Å². The molecule has 20 heavy (non-hydrogen) atoms. The second-order valence-corrected chi connectivity index (χ2v) is 5.14. The van der Waals surface area contributed by atoms with Crippen molar-refractivity contribution in [2.75, 3.05) is 27.2 Å². The van der Waals surface area contributed by atoms with Crippen LogP contribution in [0.25, 0.3) is 0 Å². The average Bonchev–Trinajstić information content (AvgIpc) is 2.44. The van der Waals surface area contributed by atoms with Crippen molar-refractivity contribution in [1.29, 1.82) is 0 Å². The highest BCUT2D eigenvalue weighted by molar-refractivity contribution is 5.47. The molecule has 1 saturated heterocycles. The van der Waals surface area contributed by atoms with E-state index in [0.29, 0.717) is 26.0 Å². The molecule has 7 nitrogen and oxygen atoms in total. The predicted molar refractivity (Wildman–Crippen MR) is 78.0 cm³/mol. The number of nitrogens with two attached hydrogens (primary N) is 2. The Morgan fingerprint density at radius 3 is 2.10 bits per heavy atom. The lowest BCUT2D eigenvalue weighted by Crippen LogP contribution is -2.51. The first-order valence-corrected chi connectivity index (χ1v) is 6.51. The average molecular weight is 291 g/mol. The van der Waals surface area contributed by atoms with Gasteiger partial charge in [0.05, 0.1) is 12.1 Å². The summed E-state index contributed by atoms with van der Waals surface area (Å²) in [6.07, 6.45) is 1.08. The van der Waals surface area contributed by atoms with Crippen LogP contribution in [0.5, 0.6) is 0 Å². The van der Waals surface area contributed by atoms with Gasteiger partial charge in [0.1, 0.15) is 6.10 Å². The van der Waals surface area contributed by atoms with Gasteiger partial charge in [0.2, 0.25) is 6.41 Å². The van der Waals surface area contributed by atoms with Crippen LogP contribution in [0.3, 0.4) is 0 Å². The van der Waals surface area contributed by atoms with Gasteiger partial charge in [-0.05, 0) is 34.2 Å². The first-order valence-electron chi connectivity index (χ1n) is 6.51. The third-order valence-corrected chi connectivity index (χ3v) is 2.63. The summed E-state index contributed by atoms with van der Waals surface area (Å²) >= 11 is 0. The number of amides is 1. The van der Waals surface area contributed by atoms with Crippen molar-refractivity contribution in [2.24, 2.45) is 11.5 Å². The van der Waals surface area contributed by atoms with Crippen molar-refractivity contribution < 1.29 is 19.1 Å².